The number of thioether (sulfide) groups is 1. The van der Waals surface area contributed by atoms with Gasteiger partial charge in [0.25, 0.3) is 5.91 Å². The van der Waals surface area contributed by atoms with Gasteiger partial charge in [0, 0.05) is 36.0 Å². The van der Waals surface area contributed by atoms with Crippen molar-refractivity contribution in [1.29, 1.82) is 0 Å². The smallest absolute Gasteiger partial charge is 0.259 e. The maximum atomic E-state index is 13.0. The van der Waals surface area contributed by atoms with Gasteiger partial charge in [0.05, 0.1) is 24.0 Å². The molecule has 0 aliphatic heterocycles. The lowest BCUT2D eigenvalue weighted by Crippen LogP contribution is -2.17. The molecule has 0 aliphatic carbocycles. The molecule has 0 fully saturated rings. The first kappa shape index (κ1) is 19.8. The number of nitrogens with zero attached hydrogens (tertiary/aromatic N) is 5. The van der Waals surface area contributed by atoms with Crippen LogP contribution in [-0.4, -0.2) is 30.8 Å². The summed E-state index contributed by atoms with van der Waals surface area (Å²) in [5.41, 5.74) is 3.37. The van der Waals surface area contributed by atoms with E-state index in [0.29, 0.717) is 28.7 Å². The molecule has 0 saturated carbocycles. The number of nitrogens with one attached hydrogen (secondary N) is 1. The van der Waals surface area contributed by atoms with E-state index in [-0.39, 0.29) is 5.91 Å². The largest absolute Gasteiger partial charge is 0.361 e. The maximum absolute atomic E-state index is 13.0. The first-order chi connectivity index (χ1) is 14.6. The molecule has 0 unspecified atom stereocenters. The molecule has 0 saturated heterocycles. The molecule has 0 spiro atoms. The zero-order valence-electron chi connectivity index (χ0n) is 16.6. The molecule has 4 aromatic rings. The lowest BCUT2D eigenvalue weighted by Gasteiger charge is -2.11. The predicted molar refractivity (Wildman–Crippen MR) is 113 cm³/mol. The normalized spacial score (nSPS) is 10.9. The number of aromatic nitrogens is 5. The summed E-state index contributed by atoms with van der Waals surface area (Å²) in [5, 5.41) is 11.9. The van der Waals surface area contributed by atoms with Gasteiger partial charge in [0.1, 0.15) is 16.6 Å². The van der Waals surface area contributed by atoms with Gasteiger partial charge in [-0.3, -0.25) is 9.78 Å². The van der Waals surface area contributed by atoms with Crippen LogP contribution in [0, 0.1) is 13.8 Å². The molecule has 8 nitrogen and oxygen atoms in total. The highest BCUT2D eigenvalue weighted by Gasteiger charge is 2.17. The number of anilines is 1. The SMILES string of the molecule is Cc1noc(C)c1CSc1ncccc1C(=O)Nc1ccnn1Cc1cccnc1. The van der Waals surface area contributed by atoms with Crippen LogP contribution >= 0.6 is 11.8 Å². The molecule has 1 amide bonds. The van der Waals surface area contributed by atoms with Crippen molar-refractivity contribution in [3.05, 3.63) is 83.3 Å². The summed E-state index contributed by atoms with van der Waals surface area (Å²) >= 11 is 1.48. The van der Waals surface area contributed by atoms with Crippen molar-refractivity contribution in [2.45, 2.75) is 31.2 Å². The van der Waals surface area contributed by atoms with Gasteiger partial charge in [-0.25, -0.2) is 9.67 Å². The van der Waals surface area contributed by atoms with Crippen LogP contribution in [0.5, 0.6) is 0 Å². The Balaban J connectivity index is 1.49. The number of hydrogen-bond acceptors (Lipinski definition) is 7. The van der Waals surface area contributed by atoms with E-state index in [1.54, 1.807) is 47.7 Å². The van der Waals surface area contributed by atoms with E-state index in [4.69, 9.17) is 4.52 Å². The lowest BCUT2D eigenvalue weighted by atomic mass is 10.2. The number of hydrogen-bond donors (Lipinski definition) is 1. The Kier molecular flexibility index (Phi) is 5.89. The molecular weight excluding hydrogens is 400 g/mol. The molecule has 30 heavy (non-hydrogen) atoms. The van der Waals surface area contributed by atoms with E-state index in [1.807, 2.05) is 26.0 Å². The summed E-state index contributed by atoms with van der Waals surface area (Å²) in [6.07, 6.45) is 6.83. The van der Waals surface area contributed by atoms with Crippen LogP contribution in [0.2, 0.25) is 0 Å². The molecule has 0 bridgehead atoms. The number of pyridine rings is 2. The van der Waals surface area contributed by atoms with Crippen molar-refractivity contribution in [3.8, 4) is 0 Å². The van der Waals surface area contributed by atoms with E-state index in [1.165, 1.54) is 11.8 Å². The van der Waals surface area contributed by atoms with Crippen molar-refractivity contribution >= 4 is 23.5 Å². The number of rotatable bonds is 7. The highest BCUT2D eigenvalue weighted by atomic mass is 32.2. The van der Waals surface area contributed by atoms with E-state index < -0.39 is 0 Å². The molecule has 0 aliphatic rings. The van der Waals surface area contributed by atoms with Crippen LogP contribution in [0.15, 0.2) is 64.7 Å². The molecule has 1 N–H and O–H groups in total. The van der Waals surface area contributed by atoms with E-state index in [2.05, 4.69) is 25.5 Å². The summed E-state index contributed by atoms with van der Waals surface area (Å²) in [6.45, 7) is 4.30. The van der Waals surface area contributed by atoms with Crippen molar-refractivity contribution in [2.75, 3.05) is 5.32 Å². The lowest BCUT2D eigenvalue weighted by molar-refractivity contribution is 0.102. The molecule has 4 rings (SSSR count). The average Bonchev–Trinajstić information content (AvgIpc) is 3.33. The second-order valence-corrected chi connectivity index (χ2v) is 7.60. The second-order valence-electron chi connectivity index (χ2n) is 6.64. The Hall–Kier alpha value is -3.46. The van der Waals surface area contributed by atoms with E-state index >= 15 is 0 Å². The van der Waals surface area contributed by atoms with Gasteiger partial charge >= 0.3 is 0 Å². The summed E-state index contributed by atoms with van der Waals surface area (Å²) in [5.74, 6) is 1.77. The van der Waals surface area contributed by atoms with E-state index in [9.17, 15) is 4.79 Å². The monoisotopic (exact) mass is 420 g/mol. The highest BCUT2D eigenvalue weighted by Crippen LogP contribution is 2.27. The summed E-state index contributed by atoms with van der Waals surface area (Å²) in [7, 11) is 0. The molecule has 0 atom stereocenters. The van der Waals surface area contributed by atoms with E-state index in [0.717, 1.165) is 22.6 Å². The van der Waals surface area contributed by atoms with Crippen LogP contribution in [-0.2, 0) is 12.3 Å². The van der Waals surface area contributed by atoms with Gasteiger partial charge in [-0.2, -0.15) is 5.10 Å². The molecular formula is C21H20N6O2S. The predicted octanol–water partition coefficient (Wildman–Crippen LogP) is 3.87. The van der Waals surface area contributed by atoms with Gasteiger partial charge < -0.3 is 9.84 Å². The zero-order valence-corrected chi connectivity index (χ0v) is 17.4. The Morgan fingerprint density at radius 3 is 2.80 bits per heavy atom. The molecule has 4 heterocycles. The third-order valence-electron chi connectivity index (χ3n) is 4.56. The molecule has 4 aromatic heterocycles. The van der Waals surface area contributed by atoms with Gasteiger partial charge in [-0.05, 0) is 37.6 Å². The fourth-order valence-corrected chi connectivity index (χ4v) is 4.09. The van der Waals surface area contributed by atoms with Gasteiger partial charge in [0.2, 0.25) is 0 Å². The first-order valence-corrected chi connectivity index (χ1v) is 10.3. The summed E-state index contributed by atoms with van der Waals surface area (Å²) in [6, 6.07) is 9.11. The topological polar surface area (TPSA) is 98.7 Å². The van der Waals surface area contributed by atoms with Crippen LogP contribution in [0.3, 0.4) is 0 Å². The molecule has 152 valence electrons. The van der Waals surface area contributed by atoms with Crippen molar-refractivity contribution in [1.82, 2.24) is 24.9 Å². The summed E-state index contributed by atoms with van der Waals surface area (Å²) < 4.78 is 6.94. The van der Waals surface area contributed by atoms with Crippen LogP contribution in [0.25, 0.3) is 0 Å². The zero-order chi connectivity index (χ0) is 20.9. The quantitative estimate of drug-likeness (QED) is 0.453. The average molecular weight is 420 g/mol. The Bertz CT molecular complexity index is 1140. The number of carbonyl (C=O) groups excluding carboxylic acids is 1. The summed E-state index contributed by atoms with van der Waals surface area (Å²) in [4.78, 5) is 21.5. The molecule has 0 aromatic carbocycles. The fraction of sp³-hybridized carbons (Fsp3) is 0.190. The minimum Gasteiger partial charge on any atom is -0.361 e. The Labute approximate surface area is 177 Å². The molecule has 9 heteroatoms. The first-order valence-electron chi connectivity index (χ1n) is 9.33. The highest BCUT2D eigenvalue weighted by molar-refractivity contribution is 7.98. The van der Waals surface area contributed by atoms with Crippen molar-refractivity contribution in [2.24, 2.45) is 0 Å². The van der Waals surface area contributed by atoms with Gasteiger partial charge in [-0.1, -0.05) is 11.2 Å². The Morgan fingerprint density at radius 2 is 2.03 bits per heavy atom. The number of carbonyl (C=O) groups is 1. The minimum absolute atomic E-state index is 0.239. The van der Waals surface area contributed by atoms with Gasteiger partial charge in [0.15, 0.2) is 0 Å². The van der Waals surface area contributed by atoms with Crippen molar-refractivity contribution < 1.29 is 9.32 Å². The standard InChI is InChI=1S/C21H20N6O2S/c1-14-18(15(2)29-26-14)13-30-21-17(6-4-9-23-21)20(28)25-19-7-10-24-27(19)12-16-5-3-8-22-11-16/h3-11H,12-13H2,1-2H3,(H,25,28). The Morgan fingerprint density at radius 1 is 1.17 bits per heavy atom. The van der Waals surface area contributed by atoms with Crippen LogP contribution in [0.1, 0.15) is 32.9 Å². The number of amides is 1. The molecule has 0 radical (unpaired) electrons. The maximum Gasteiger partial charge on any atom is 0.259 e. The van der Waals surface area contributed by atoms with Crippen molar-refractivity contribution in [3.63, 3.8) is 0 Å². The fourth-order valence-electron chi connectivity index (χ4n) is 2.94. The minimum atomic E-state index is -0.239. The van der Waals surface area contributed by atoms with Crippen LogP contribution < -0.4 is 5.32 Å². The van der Waals surface area contributed by atoms with Gasteiger partial charge in [-0.15, -0.1) is 11.8 Å². The third-order valence-corrected chi connectivity index (χ3v) is 5.60. The second kappa shape index (κ2) is 8.91. The third kappa shape index (κ3) is 4.41. The van der Waals surface area contributed by atoms with Crippen LogP contribution in [0.4, 0.5) is 5.82 Å². The number of aryl methyl sites for hydroxylation is 2.